The summed E-state index contributed by atoms with van der Waals surface area (Å²) in [6, 6.07) is 11.9. The zero-order valence-corrected chi connectivity index (χ0v) is 17.1. The third-order valence-corrected chi connectivity index (χ3v) is 5.00. The van der Waals surface area contributed by atoms with E-state index in [1.165, 1.54) is 12.1 Å². The minimum absolute atomic E-state index is 0.352. The molecule has 1 aromatic carbocycles. The molecule has 0 aliphatic carbocycles. The first kappa shape index (κ1) is 19.1. The second-order valence-corrected chi connectivity index (χ2v) is 7.38. The van der Waals surface area contributed by atoms with Crippen molar-refractivity contribution in [1.82, 2.24) is 34.3 Å². The second kappa shape index (κ2) is 7.77. The molecule has 0 saturated carbocycles. The lowest BCUT2D eigenvalue weighted by Crippen LogP contribution is -2.03. The fourth-order valence-electron chi connectivity index (χ4n) is 3.31. The van der Waals surface area contributed by atoms with Gasteiger partial charge in [0.1, 0.15) is 17.5 Å². The van der Waals surface area contributed by atoms with Crippen molar-refractivity contribution in [1.29, 1.82) is 0 Å². The number of hydrogen-bond acceptors (Lipinski definition) is 6. The van der Waals surface area contributed by atoms with Gasteiger partial charge in [-0.15, -0.1) is 10.2 Å². The summed E-state index contributed by atoms with van der Waals surface area (Å²) in [5.41, 5.74) is 3.00. The lowest BCUT2D eigenvalue weighted by atomic mass is 10.1. The summed E-state index contributed by atoms with van der Waals surface area (Å²) in [5, 5.41) is 16.1. The van der Waals surface area contributed by atoms with E-state index in [-0.39, 0.29) is 5.82 Å². The lowest BCUT2D eigenvalue weighted by molar-refractivity contribution is 0.626. The monoisotopic (exact) mass is 434 g/mol. The van der Waals surface area contributed by atoms with Crippen LogP contribution in [0.3, 0.4) is 0 Å². The Kier molecular flexibility index (Phi) is 4.79. The van der Waals surface area contributed by atoms with Gasteiger partial charge in [-0.05, 0) is 42.0 Å². The molecule has 154 valence electrons. The largest absolute Gasteiger partial charge is 0.309 e. The molecule has 0 saturated heterocycles. The Morgan fingerprint density at radius 3 is 2.77 bits per heavy atom. The molecule has 1 N–H and O–H groups in total. The van der Waals surface area contributed by atoms with Crippen LogP contribution in [0.2, 0.25) is 5.02 Å². The van der Waals surface area contributed by atoms with Gasteiger partial charge in [0.2, 0.25) is 5.95 Å². The molecule has 0 aliphatic heterocycles. The normalized spacial score (nSPS) is 11.2. The molecule has 4 heterocycles. The minimum Gasteiger partial charge on any atom is -0.309 e. The predicted molar refractivity (Wildman–Crippen MR) is 115 cm³/mol. The van der Waals surface area contributed by atoms with E-state index in [2.05, 4.69) is 30.6 Å². The van der Waals surface area contributed by atoms with Gasteiger partial charge in [0.15, 0.2) is 5.65 Å². The molecule has 0 spiro atoms. The molecule has 0 unspecified atom stereocenters. The third kappa shape index (κ3) is 3.95. The van der Waals surface area contributed by atoms with Gasteiger partial charge in [-0.2, -0.15) is 5.10 Å². The van der Waals surface area contributed by atoms with E-state index >= 15 is 0 Å². The summed E-state index contributed by atoms with van der Waals surface area (Å²) in [6.45, 7) is 0. The predicted octanol–water partition coefficient (Wildman–Crippen LogP) is 4.05. The Labute approximate surface area is 181 Å². The second-order valence-electron chi connectivity index (χ2n) is 6.94. The van der Waals surface area contributed by atoms with Crippen LogP contribution in [0.1, 0.15) is 11.4 Å². The number of anilines is 2. The van der Waals surface area contributed by atoms with Crippen LogP contribution >= 0.6 is 11.6 Å². The van der Waals surface area contributed by atoms with Crippen LogP contribution in [0.25, 0.3) is 16.9 Å². The van der Waals surface area contributed by atoms with Gasteiger partial charge < -0.3 is 5.32 Å². The minimum atomic E-state index is -0.377. The summed E-state index contributed by atoms with van der Waals surface area (Å²) in [4.78, 5) is 8.85. The molecule has 8 nitrogen and oxygen atoms in total. The highest BCUT2D eigenvalue weighted by molar-refractivity contribution is 6.30. The van der Waals surface area contributed by atoms with Gasteiger partial charge in [0.25, 0.3) is 0 Å². The fourth-order valence-corrected chi connectivity index (χ4v) is 3.55. The van der Waals surface area contributed by atoms with Crippen molar-refractivity contribution in [3.05, 3.63) is 83.3 Å². The number of aryl methyl sites for hydroxylation is 1. The maximum Gasteiger partial charge on any atom is 0.228 e. The molecule has 0 fully saturated rings. The Morgan fingerprint density at radius 1 is 1.06 bits per heavy atom. The van der Waals surface area contributed by atoms with Crippen LogP contribution in [-0.4, -0.2) is 34.3 Å². The molecular formula is C21H16ClFN8. The van der Waals surface area contributed by atoms with Crippen LogP contribution in [0.4, 0.5) is 16.2 Å². The van der Waals surface area contributed by atoms with Crippen molar-refractivity contribution in [3.8, 4) is 11.3 Å². The van der Waals surface area contributed by atoms with E-state index in [4.69, 9.17) is 11.6 Å². The van der Waals surface area contributed by atoms with E-state index in [1.807, 2.05) is 41.9 Å². The van der Waals surface area contributed by atoms with Crippen LogP contribution in [0.5, 0.6) is 0 Å². The molecule has 31 heavy (non-hydrogen) atoms. The standard InChI is InChI=1S/C21H16ClFN8/c1-30-18(3-6-25-30)27-21-24-5-2-17(26-21)14-4-7-31-19(28-29-20(31)11-14)10-13-8-15(22)12-16(23)9-13/h2-9,11-12H,10H2,1H3,(H,24,26,27). The summed E-state index contributed by atoms with van der Waals surface area (Å²) in [6.07, 6.45) is 5.66. The van der Waals surface area contributed by atoms with Crippen molar-refractivity contribution < 1.29 is 4.39 Å². The van der Waals surface area contributed by atoms with Crippen molar-refractivity contribution in [3.63, 3.8) is 0 Å². The van der Waals surface area contributed by atoms with Crippen molar-refractivity contribution in [2.75, 3.05) is 5.32 Å². The highest BCUT2D eigenvalue weighted by atomic mass is 35.5. The Morgan fingerprint density at radius 2 is 1.97 bits per heavy atom. The summed E-state index contributed by atoms with van der Waals surface area (Å²) < 4.78 is 17.2. The topological polar surface area (TPSA) is 85.8 Å². The van der Waals surface area contributed by atoms with Crippen LogP contribution < -0.4 is 5.32 Å². The zero-order chi connectivity index (χ0) is 21.4. The summed E-state index contributed by atoms with van der Waals surface area (Å²) in [5.74, 6) is 1.56. The molecule has 10 heteroatoms. The number of halogens is 2. The quantitative estimate of drug-likeness (QED) is 0.449. The number of fused-ring (bicyclic) bond motifs is 1. The van der Waals surface area contributed by atoms with E-state index in [9.17, 15) is 4.39 Å². The van der Waals surface area contributed by atoms with E-state index in [0.717, 1.165) is 22.6 Å². The maximum absolute atomic E-state index is 13.6. The van der Waals surface area contributed by atoms with E-state index < -0.39 is 0 Å². The fraction of sp³-hybridized carbons (Fsp3) is 0.0952. The average molecular weight is 435 g/mol. The smallest absolute Gasteiger partial charge is 0.228 e. The van der Waals surface area contributed by atoms with Crippen LogP contribution in [0, 0.1) is 5.82 Å². The Hall–Kier alpha value is -3.85. The molecule has 0 amide bonds. The van der Waals surface area contributed by atoms with Crippen molar-refractivity contribution >= 4 is 29.0 Å². The molecule has 4 aromatic heterocycles. The zero-order valence-electron chi connectivity index (χ0n) is 16.4. The highest BCUT2D eigenvalue weighted by Crippen LogP contribution is 2.22. The van der Waals surface area contributed by atoms with Crippen molar-refractivity contribution in [2.45, 2.75) is 6.42 Å². The van der Waals surface area contributed by atoms with Gasteiger partial charge in [-0.3, -0.25) is 9.08 Å². The third-order valence-electron chi connectivity index (χ3n) is 4.78. The van der Waals surface area contributed by atoms with Gasteiger partial charge >= 0.3 is 0 Å². The summed E-state index contributed by atoms with van der Waals surface area (Å²) >= 11 is 5.96. The number of hydrogen-bond donors (Lipinski definition) is 1. The lowest BCUT2D eigenvalue weighted by Gasteiger charge is -2.07. The first-order valence-electron chi connectivity index (χ1n) is 9.42. The molecule has 0 aliphatic rings. The first-order chi connectivity index (χ1) is 15.0. The number of pyridine rings is 1. The Balaban J connectivity index is 1.43. The Bertz CT molecular complexity index is 1370. The number of rotatable bonds is 5. The maximum atomic E-state index is 13.6. The van der Waals surface area contributed by atoms with Gasteiger partial charge in [-0.25, -0.2) is 14.4 Å². The summed E-state index contributed by atoms with van der Waals surface area (Å²) in [7, 11) is 1.83. The number of nitrogens with zero attached hydrogens (tertiary/aromatic N) is 7. The number of aromatic nitrogens is 7. The molecule has 0 atom stereocenters. The molecule has 0 radical (unpaired) electrons. The number of benzene rings is 1. The average Bonchev–Trinajstić information content (AvgIpc) is 3.33. The van der Waals surface area contributed by atoms with Crippen LogP contribution in [0.15, 0.2) is 61.1 Å². The van der Waals surface area contributed by atoms with Gasteiger partial charge in [-0.1, -0.05) is 11.6 Å². The molecular weight excluding hydrogens is 419 g/mol. The van der Waals surface area contributed by atoms with Gasteiger partial charge in [0, 0.05) is 42.5 Å². The number of nitrogens with one attached hydrogen (secondary N) is 1. The molecule has 5 aromatic rings. The SMILES string of the molecule is Cn1nccc1Nc1nccc(-c2ccn3c(Cc4cc(F)cc(Cl)c4)nnc3c2)n1. The van der Waals surface area contributed by atoms with Gasteiger partial charge in [0.05, 0.1) is 11.9 Å². The highest BCUT2D eigenvalue weighted by Gasteiger charge is 2.11. The van der Waals surface area contributed by atoms with Crippen LogP contribution in [-0.2, 0) is 13.5 Å². The molecule has 0 bridgehead atoms. The van der Waals surface area contributed by atoms with E-state index in [1.54, 1.807) is 23.1 Å². The van der Waals surface area contributed by atoms with Crippen molar-refractivity contribution in [2.24, 2.45) is 7.05 Å². The van der Waals surface area contributed by atoms with E-state index in [0.29, 0.717) is 28.9 Å². The molecule has 5 rings (SSSR count). The first-order valence-corrected chi connectivity index (χ1v) is 9.80.